The van der Waals surface area contributed by atoms with Crippen LogP contribution in [0.25, 0.3) is 16.6 Å². The van der Waals surface area contributed by atoms with Crippen LogP contribution < -0.4 is 5.32 Å². The SMILES string of the molecule is COC(=O)C1=CC=C(Cn2ccc3cc(C4=CCNCC4)cnc32)CC1. The van der Waals surface area contributed by atoms with Gasteiger partial charge in [-0.15, -0.1) is 0 Å². The number of carbonyl (C=O) groups is 1. The zero-order valence-electron chi connectivity index (χ0n) is 15.0. The van der Waals surface area contributed by atoms with E-state index in [1.54, 1.807) is 0 Å². The van der Waals surface area contributed by atoms with E-state index in [0.29, 0.717) is 0 Å². The second-order valence-electron chi connectivity index (χ2n) is 6.77. The summed E-state index contributed by atoms with van der Waals surface area (Å²) in [5.41, 5.74) is 5.64. The number of rotatable bonds is 4. The summed E-state index contributed by atoms with van der Waals surface area (Å²) in [6, 6.07) is 4.37. The van der Waals surface area contributed by atoms with E-state index < -0.39 is 0 Å². The lowest BCUT2D eigenvalue weighted by molar-refractivity contribution is -0.136. The third-order valence-electron chi connectivity index (χ3n) is 5.09. The van der Waals surface area contributed by atoms with Gasteiger partial charge in [-0.05, 0) is 49.1 Å². The summed E-state index contributed by atoms with van der Waals surface area (Å²) >= 11 is 0. The molecule has 1 aliphatic heterocycles. The molecule has 5 nitrogen and oxygen atoms in total. The van der Waals surface area contributed by atoms with Crippen LogP contribution in [-0.4, -0.2) is 35.7 Å². The second kappa shape index (κ2) is 7.30. The average molecular weight is 349 g/mol. The Morgan fingerprint density at radius 3 is 2.96 bits per heavy atom. The fourth-order valence-corrected chi connectivity index (χ4v) is 3.60. The molecule has 0 fully saturated rings. The van der Waals surface area contributed by atoms with Gasteiger partial charge in [0.1, 0.15) is 5.65 Å². The van der Waals surface area contributed by atoms with Crippen molar-refractivity contribution in [3.8, 4) is 0 Å². The molecule has 4 rings (SSSR count). The number of nitrogens with one attached hydrogen (secondary N) is 1. The summed E-state index contributed by atoms with van der Waals surface area (Å²) in [6.07, 6.45) is 12.9. The van der Waals surface area contributed by atoms with E-state index in [-0.39, 0.29) is 5.97 Å². The summed E-state index contributed by atoms with van der Waals surface area (Å²) in [7, 11) is 1.42. The minimum Gasteiger partial charge on any atom is -0.466 e. The summed E-state index contributed by atoms with van der Waals surface area (Å²) in [4.78, 5) is 16.3. The topological polar surface area (TPSA) is 56.1 Å². The highest BCUT2D eigenvalue weighted by Gasteiger charge is 2.15. The zero-order valence-corrected chi connectivity index (χ0v) is 15.0. The van der Waals surface area contributed by atoms with E-state index in [0.717, 1.165) is 50.1 Å². The number of carbonyl (C=O) groups excluding carboxylic acids is 1. The maximum atomic E-state index is 11.6. The van der Waals surface area contributed by atoms with Crippen LogP contribution in [0, 0.1) is 0 Å². The third-order valence-corrected chi connectivity index (χ3v) is 5.09. The smallest absolute Gasteiger partial charge is 0.333 e. The van der Waals surface area contributed by atoms with Crippen LogP contribution in [0.4, 0.5) is 0 Å². The highest BCUT2D eigenvalue weighted by Crippen LogP contribution is 2.25. The molecule has 3 heterocycles. The largest absolute Gasteiger partial charge is 0.466 e. The molecule has 0 radical (unpaired) electrons. The first kappa shape index (κ1) is 16.8. The molecule has 2 aromatic rings. The van der Waals surface area contributed by atoms with E-state index >= 15 is 0 Å². The zero-order chi connectivity index (χ0) is 17.9. The summed E-state index contributed by atoms with van der Waals surface area (Å²) in [6.45, 7) is 2.76. The number of fused-ring (bicyclic) bond motifs is 1. The van der Waals surface area contributed by atoms with E-state index in [2.05, 4.69) is 34.3 Å². The summed E-state index contributed by atoms with van der Waals surface area (Å²) < 4.78 is 6.97. The van der Waals surface area contributed by atoms with Crippen LogP contribution in [0.5, 0.6) is 0 Å². The molecular weight excluding hydrogens is 326 g/mol. The molecule has 0 atom stereocenters. The summed E-state index contributed by atoms with van der Waals surface area (Å²) in [5, 5.41) is 4.51. The fourth-order valence-electron chi connectivity index (χ4n) is 3.60. The van der Waals surface area contributed by atoms with Gasteiger partial charge < -0.3 is 14.6 Å². The standard InChI is InChI=1S/C21H23N3O2/c1-26-21(25)17-4-2-15(3-5-17)14-24-11-8-18-12-19(13-23-20(18)24)16-6-9-22-10-7-16/h2,4,6,8,11-13,22H,3,5,7,9-10,14H2,1H3. The molecule has 2 aromatic heterocycles. The van der Waals surface area contributed by atoms with Crippen LogP contribution in [0.1, 0.15) is 24.8 Å². The first-order valence-corrected chi connectivity index (χ1v) is 9.06. The molecule has 26 heavy (non-hydrogen) atoms. The van der Waals surface area contributed by atoms with Gasteiger partial charge in [0.05, 0.1) is 7.11 Å². The van der Waals surface area contributed by atoms with E-state index in [9.17, 15) is 4.79 Å². The van der Waals surface area contributed by atoms with Crippen LogP contribution in [0.15, 0.2) is 53.9 Å². The molecule has 0 amide bonds. The maximum absolute atomic E-state index is 11.6. The highest BCUT2D eigenvalue weighted by atomic mass is 16.5. The number of ether oxygens (including phenoxy) is 1. The average Bonchev–Trinajstić information content (AvgIpc) is 3.10. The first-order valence-electron chi connectivity index (χ1n) is 9.06. The van der Waals surface area contributed by atoms with Gasteiger partial charge in [0.15, 0.2) is 0 Å². The van der Waals surface area contributed by atoms with Gasteiger partial charge in [-0.2, -0.15) is 0 Å². The van der Waals surface area contributed by atoms with Crippen molar-refractivity contribution in [3.05, 3.63) is 59.5 Å². The number of pyridine rings is 1. The summed E-state index contributed by atoms with van der Waals surface area (Å²) in [5.74, 6) is -0.229. The minimum atomic E-state index is -0.229. The molecule has 0 bridgehead atoms. The molecule has 134 valence electrons. The molecule has 1 N–H and O–H groups in total. The Morgan fingerprint density at radius 1 is 1.31 bits per heavy atom. The van der Waals surface area contributed by atoms with Crippen molar-refractivity contribution in [1.29, 1.82) is 0 Å². The monoisotopic (exact) mass is 349 g/mol. The van der Waals surface area contributed by atoms with Crippen LogP contribution in [0.2, 0.25) is 0 Å². The van der Waals surface area contributed by atoms with Crippen LogP contribution in [0.3, 0.4) is 0 Å². The molecule has 0 saturated heterocycles. The Morgan fingerprint density at radius 2 is 2.23 bits per heavy atom. The molecule has 1 aliphatic carbocycles. The first-order chi connectivity index (χ1) is 12.7. The Kier molecular flexibility index (Phi) is 4.71. The van der Waals surface area contributed by atoms with Crippen molar-refractivity contribution < 1.29 is 9.53 Å². The number of allylic oxidation sites excluding steroid dienone is 3. The quantitative estimate of drug-likeness (QED) is 0.861. The van der Waals surface area contributed by atoms with Gasteiger partial charge in [0.25, 0.3) is 0 Å². The van der Waals surface area contributed by atoms with Gasteiger partial charge in [0.2, 0.25) is 0 Å². The Bertz CT molecular complexity index is 934. The van der Waals surface area contributed by atoms with Gasteiger partial charge in [0, 0.05) is 36.4 Å². The third kappa shape index (κ3) is 3.35. The molecule has 0 saturated carbocycles. The van der Waals surface area contributed by atoms with Crippen LogP contribution in [-0.2, 0) is 16.1 Å². The van der Waals surface area contributed by atoms with Gasteiger partial charge >= 0.3 is 5.97 Å². The van der Waals surface area contributed by atoms with Gasteiger partial charge in [-0.1, -0.05) is 23.8 Å². The molecule has 2 aliphatic rings. The minimum absolute atomic E-state index is 0.229. The lowest BCUT2D eigenvalue weighted by atomic mass is 9.98. The lowest BCUT2D eigenvalue weighted by Gasteiger charge is -2.15. The molecule has 0 spiro atoms. The Balaban J connectivity index is 1.55. The predicted molar refractivity (Wildman–Crippen MR) is 103 cm³/mol. The number of hydrogen-bond acceptors (Lipinski definition) is 4. The molecular formula is C21H23N3O2. The Hall–Kier alpha value is -2.66. The van der Waals surface area contributed by atoms with Crippen molar-refractivity contribution in [2.24, 2.45) is 0 Å². The van der Waals surface area contributed by atoms with Crippen LogP contribution >= 0.6 is 0 Å². The highest BCUT2D eigenvalue weighted by molar-refractivity contribution is 5.89. The van der Waals surface area contributed by atoms with Crippen molar-refractivity contribution in [1.82, 2.24) is 14.9 Å². The van der Waals surface area contributed by atoms with Gasteiger partial charge in [-0.25, -0.2) is 9.78 Å². The number of nitrogens with zero attached hydrogens (tertiary/aromatic N) is 2. The molecule has 0 unspecified atom stereocenters. The normalized spacial score (nSPS) is 17.5. The molecule has 5 heteroatoms. The second-order valence-corrected chi connectivity index (χ2v) is 6.77. The number of hydrogen-bond donors (Lipinski definition) is 1. The van der Waals surface area contributed by atoms with E-state index in [4.69, 9.17) is 9.72 Å². The van der Waals surface area contributed by atoms with E-state index in [1.807, 2.05) is 18.3 Å². The van der Waals surface area contributed by atoms with Crippen molar-refractivity contribution in [3.63, 3.8) is 0 Å². The number of methoxy groups -OCH3 is 1. The predicted octanol–water partition coefficient (Wildman–Crippen LogP) is 3.23. The number of esters is 1. The van der Waals surface area contributed by atoms with Gasteiger partial charge in [-0.3, -0.25) is 0 Å². The van der Waals surface area contributed by atoms with Crippen molar-refractivity contribution >= 4 is 22.6 Å². The van der Waals surface area contributed by atoms with E-state index in [1.165, 1.54) is 29.2 Å². The maximum Gasteiger partial charge on any atom is 0.333 e. The Labute approximate surface area is 153 Å². The van der Waals surface area contributed by atoms with Crippen molar-refractivity contribution in [2.45, 2.75) is 25.8 Å². The van der Waals surface area contributed by atoms with Crippen molar-refractivity contribution in [2.75, 3.05) is 20.2 Å². The fraction of sp³-hybridized carbons (Fsp3) is 0.333. The lowest BCUT2D eigenvalue weighted by Crippen LogP contribution is -2.20. The number of aromatic nitrogens is 2. The molecule has 0 aromatic carbocycles.